The Bertz CT molecular complexity index is 288. The molecule has 0 heterocycles. The number of ketones is 1. The van der Waals surface area contributed by atoms with Crippen LogP contribution in [-0.4, -0.2) is 13.9 Å². The largest absolute Gasteiger partial charge is 0.290 e. The van der Waals surface area contributed by atoms with E-state index in [0.29, 0.717) is 0 Å². The minimum Gasteiger partial charge on any atom is -0.290 e. The summed E-state index contributed by atoms with van der Waals surface area (Å²) in [5.74, 6) is 0.161. The Hall–Kier alpha value is -0.633. The maximum atomic E-state index is 11.7. The third-order valence-electron chi connectivity index (χ3n) is 2.51. The lowest BCUT2D eigenvalue weighted by molar-refractivity contribution is -0.110. The molecule has 0 saturated heterocycles. The van der Waals surface area contributed by atoms with Crippen molar-refractivity contribution in [3.63, 3.8) is 0 Å². The summed E-state index contributed by atoms with van der Waals surface area (Å²) in [4.78, 5) is 11.7. The molecule has 0 spiro atoms. The van der Waals surface area contributed by atoms with Gasteiger partial charge in [0, 0.05) is 0 Å². The molecule has 0 unspecified atom stereocenters. The monoisotopic (exact) mass is 238 g/mol. The summed E-state index contributed by atoms with van der Waals surface area (Å²) >= 11 is 0. The molecular formula is C14H26OSi. The summed E-state index contributed by atoms with van der Waals surface area (Å²) in [6.45, 7) is 13.1. The van der Waals surface area contributed by atoms with Gasteiger partial charge in [-0.25, -0.2) is 0 Å². The lowest BCUT2D eigenvalue weighted by Gasteiger charge is -2.20. The van der Waals surface area contributed by atoms with Crippen molar-refractivity contribution in [3.8, 4) is 0 Å². The van der Waals surface area contributed by atoms with Crippen molar-refractivity contribution < 1.29 is 4.79 Å². The predicted octanol–water partition coefficient (Wildman–Crippen LogP) is 4.52. The first-order valence-corrected chi connectivity index (χ1v) is 9.67. The van der Waals surface area contributed by atoms with E-state index in [2.05, 4.69) is 26.6 Å². The number of hydrogen-bond acceptors (Lipinski definition) is 1. The van der Waals surface area contributed by atoms with Crippen LogP contribution in [-0.2, 0) is 4.79 Å². The van der Waals surface area contributed by atoms with E-state index in [1.807, 2.05) is 19.9 Å². The first-order valence-electron chi connectivity index (χ1n) is 6.17. The van der Waals surface area contributed by atoms with E-state index in [-0.39, 0.29) is 5.78 Å². The average Bonchev–Trinajstić information content (AvgIpc) is 2.08. The Morgan fingerprint density at radius 2 is 1.69 bits per heavy atom. The number of allylic oxidation sites excluding steroid dienone is 4. The molecule has 0 aromatic rings. The lowest BCUT2D eigenvalue weighted by Crippen LogP contribution is -2.24. The van der Waals surface area contributed by atoms with Gasteiger partial charge < -0.3 is 0 Å². The van der Waals surface area contributed by atoms with Crippen LogP contribution in [0.2, 0.25) is 19.6 Å². The van der Waals surface area contributed by atoms with Gasteiger partial charge in [-0.15, -0.1) is 0 Å². The molecule has 0 rings (SSSR count). The van der Waals surface area contributed by atoms with Crippen LogP contribution in [0.5, 0.6) is 0 Å². The van der Waals surface area contributed by atoms with Gasteiger partial charge in [-0.3, -0.25) is 4.79 Å². The van der Waals surface area contributed by atoms with Gasteiger partial charge in [-0.1, -0.05) is 50.2 Å². The molecule has 1 nitrogen and oxygen atoms in total. The zero-order valence-corrected chi connectivity index (χ0v) is 12.7. The molecule has 0 fully saturated rings. The maximum absolute atomic E-state index is 11.7. The van der Waals surface area contributed by atoms with Crippen molar-refractivity contribution in [2.24, 2.45) is 0 Å². The SMILES string of the molecule is CCCC/C(=C\C(=O)C=C(C)C)[Si](C)(C)C. The highest BCUT2D eigenvalue weighted by Gasteiger charge is 2.19. The molecule has 0 atom stereocenters. The Balaban J connectivity index is 4.82. The molecule has 16 heavy (non-hydrogen) atoms. The molecule has 0 aliphatic carbocycles. The summed E-state index contributed by atoms with van der Waals surface area (Å²) in [6.07, 6.45) is 7.09. The van der Waals surface area contributed by atoms with Crippen molar-refractivity contribution in [1.29, 1.82) is 0 Å². The molecule has 0 aromatic heterocycles. The van der Waals surface area contributed by atoms with Crippen molar-refractivity contribution in [1.82, 2.24) is 0 Å². The number of rotatable bonds is 6. The minimum absolute atomic E-state index is 0.161. The van der Waals surface area contributed by atoms with E-state index in [1.165, 1.54) is 18.0 Å². The molecule has 0 saturated carbocycles. The van der Waals surface area contributed by atoms with Gasteiger partial charge in [-0.2, -0.15) is 0 Å². The van der Waals surface area contributed by atoms with Crippen molar-refractivity contribution in [2.75, 3.05) is 0 Å². The number of hydrogen-bond donors (Lipinski definition) is 0. The summed E-state index contributed by atoms with van der Waals surface area (Å²) < 4.78 is 0. The third kappa shape index (κ3) is 6.78. The second-order valence-corrected chi connectivity index (χ2v) is 10.8. The van der Waals surface area contributed by atoms with Crippen LogP contribution in [0.4, 0.5) is 0 Å². The fourth-order valence-electron chi connectivity index (χ4n) is 1.53. The molecule has 0 aliphatic rings. The highest BCUT2D eigenvalue weighted by Crippen LogP contribution is 2.20. The number of unbranched alkanes of at least 4 members (excludes halogenated alkanes) is 1. The Labute approximate surface area is 102 Å². The molecule has 0 aliphatic heterocycles. The Morgan fingerprint density at radius 1 is 1.12 bits per heavy atom. The number of carbonyl (C=O) groups excluding carboxylic acids is 1. The highest BCUT2D eigenvalue weighted by atomic mass is 28.3. The summed E-state index contributed by atoms with van der Waals surface area (Å²) in [6, 6.07) is 0. The fraction of sp³-hybridized carbons (Fsp3) is 0.643. The van der Waals surface area contributed by atoms with E-state index in [9.17, 15) is 4.79 Å². The standard InChI is InChI=1S/C14H26OSi/c1-7-8-9-14(16(4,5)6)11-13(15)10-12(2)3/h10-11H,7-9H2,1-6H3/b14-11+. The normalized spacial score (nSPS) is 12.5. The van der Waals surface area contributed by atoms with Gasteiger partial charge >= 0.3 is 0 Å². The summed E-state index contributed by atoms with van der Waals surface area (Å²) in [5.41, 5.74) is 1.08. The van der Waals surface area contributed by atoms with Gasteiger partial charge in [0.2, 0.25) is 0 Å². The van der Waals surface area contributed by atoms with Crippen LogP contribution in [0.3, 0.4) is 0 Å². The zero-order valence-electron chi connectivity index (χ0n) is 11.7. The molecule has 0 radical (unpaired) electrons. The van der Waals surface area contributed by atoms with Crippen LogP contribution >= 0.6 is 0 Å². The first kappa shape index (κ1) is 15.4. The Kier molecular flexibility index (Phi) is 6.57. The van der Waals surface area contributed by atoms with Crippen LogP contribution < -0.4 is 0 Å². The van der Waals surface area contributed by atoms with Crippen molar-refractivity contribution >= 4 is 13.9 Å². The topological polar surface area (TPSA) is 17.1 Å². The van der Waals surface area contributed by atoms with Gasteiger partial charge in [0.05, 0.1) is 8.07 Å². The summed E-state index contributed by atoms with van der Waals surface area (Å²) in [5, 5.41) is 1.40. The van der Waals surface area contributed by atoms with Crippen molar-refractivity contribution in [2.45, 2.75) is 59.7 Å². The predicted molar refractivity (Wildman–Crippen MR) is 75.4 cm³/mol. The lowest BCUT2D eigenvalue weighted by atomic mass is 10.2. The second-order valence-electron chi connectivity index (χ2n) is 5.65. The van der Waals surface area contributed by atoms with Crippen LogP contribution in [0.1, 0.15) is 40.0 Å². The van der Waals surface area contributed by atoms with Crippen molar-refractivity contribution in [3.05, 3.63) is 22.9 Å². The van der Waals surface area contributed by atoms with Gasteiger partial charge in [0.1, 0.15) is 0 Å². The van der Waals surface area contributed by atoms with Gasteiger partial charge in [0.15, 0.2) is 5.78 Å². The fourth-order valence-corrected chi connectivity index (χ4v) is 3.03. The van der Waals surface area contributed by atoms with E-state index >= 15 is 0 Å². The average molecular weight is 238 g/mol. The quantitative estimate of drug-likeness (QED) is 0.491. The van der Waals surface area contributed by atoms with Crippen LogP contribution in [0.15, 0.2) is 22.9 Å². The van der Waals surface area contributed by atoms with Crippen LogP contribution in [0.25, 0.3) is 0 Å². The third-order valence-corrected chi connectivity index (χ3v) is 4.83. The summed E-state index contributed by atoms with van der Waals surface area (Å²) in [7, 11) is -1.33. The zero-order chi connectivity index (χ0) is 12.8. The molecule has 0 aromatic carbocycles. The Morgan fingerprint density at radius 3 is 2.06 bits per heavy atom. The van der Waals surface area contributed by atoms with Gasteiger partial charge in [0.25, 0.3) is 0 Å². The van der Waals surface area contributed by atoms with E-state index in [1.54, 1.807) is 6.08 Å². The first-order chi connectivity index (χ1) is 7.27. The van der Waals surface area contributed by atoms with E-state index < -0.39 is 8.07 Å². The maximum Gasteiger partial charge on any atom is 0.178 e. The second kappa shape index (κ2) is 6.84. The van der Waals surface area contributed by atoms with Crippen LogP contribution in [0, 0.1) is 0 Å². The van der Waals surface area contributed by atoms with Gasteiger partial charge in [-0.05, 0) is 32.4 Å². The van der Waals surface area contributed by atoms with E-state index in [0.717, 1.165) is 12.0 Å². The molecule has 92 valence electrons. The molecule has 0 amide bonds. The minimum atomic E-state index is -1.33. The number of carbonyl (C=O) groups is 1. The highest BCUT2D eigenvalue weighted by molar-refractivity contribution is 6.83. The molecular weight excluding hydrogens is 212 g/mol. The smallest absolute Gasteiger partial charge is 0.178 e. The molecule has 0 bridgehead atoms. The molecule has 0 N–H and O–H groups in total. The van der Waals surface area contributed by atoms with E-state index in [4.69, 9.17) is 0 Å². The molecule has 2 heteroatoms.